The molecule has 106 valence electrons. The van der Waals surface area contributed by atoms with E-state index in [2.05, 4.69) is 50.2 Å². The Labute approximate surface area is 121 Å². The van der Waals surface area contributed by atoms with Crippen molar-refractivity contribution in [2.75, 3.05) is 7.11 Å². The fourth-order valence-electron chi connectivity index (χ4n) is 2.64. The number of rotatable bonds is 4. The zero-order valence-corrected chi connectivity index (χ0v) is 12.7. The average molecular weight is 269 g/mol. The van der Waals surface area contributed by atoms with E-state index in [0.29, 0.717) is 0 Å². The lowest BCUT2D eigenvalue weighted by Gasteiger charge is -2.14. The van der Waals surface area contributed by atoms with Crippen LogP contribution in [0.4, 0.5) is 0 Å². The van der Waals surface area contributed by atoms with E-state index in [9.17, 15) is 0 Å². The first kappa shape index (κ1) is 14.6. The fraction of sp³-hybridized carbons (Fsp3) is 0.333. The van der Waals surface area contributed by atoms with E-state index < -0.39 is 0 Å². The van der Waals surface area contributed by atoms with Gasteiger partial charge in [0, 0.05) is 11.6 Å². The molecule has 0 fully saturated rings. The van der Waals surface area contributed by atoms with Crippen LogP contribution in [0.2, 0.25) is 0 Å². The lowest BCUT2D eigenvalue weighted by molar-refractivity contribution is 0.416. The quantitative estimate of drug-likeness (QED) is 0.914. The van der Waals surface area contributed by atoms with Gasteiger partial charge >= 0.3 is 0 Å². The van der Waals surface area contributed by atoms with Gasteiger partial charge in [-0.25, -0.2) is 0 Å². The molecule has 0 aliphatic carbocycles. The maximum absolute atomic E-state index is 5.84. The summed E-state index contributed by atoms with van der Waals surface area (Å²) in [4.78, 5) is 0. The lowest BCUT2D eigenvalue weighted by atomic mass is 9.96. The van der Waals surface area contributed by atoms with Gasteiger partial charge in [-0.1, -0.05) is 30.3 Å². The summed E-state index contributed by atoms with van der Waals surface area (Å²) in [6.07, 6.45) is 0.907. The number of benzene rings is 2. The van der Waals surface area contributed by atoms with Gasteiger partial charge in [-0.15, -0.1) is 0 Å². The van der Waals surface area contributed by atoms with Gasteiger partial charge in [0.15, 0.2) is 0 Å². The summed E-state index contributed by atoms with van der Waals surface area (Å²) in [7, 11) is 1.72. The molecule has 1 unspecified atom stereocenters. The smallest absolute Gasteiger partial charge is 0.127 e. The van der Waals surface area contributed by atoms with Gasteiger partial charge in [-0.2, -0.15) is 0 Å². The molecule has 0 saturated heterocycles. The van der Waals surface area contributed by atoms with E-state index in [1.54, 1.807) is 7.11 Å². The number of hydrogen-bond acceptors (Lipinski definition) is 2. The Morgan fingerprint density at radius 2 is 1.75 bits per heavy atom. The third kappa shape index (κ3) is 3.20. The van der Waals surface area contributed by atoms with Crippen LogP contribution in [0.5, 0.6) is 5.75 Å². The Morgan fingerprint density at radius 3 is 2.30 bits per heavy atom. The molecule has 20 heavy (non-hydrogen) atoms. The second-order valence-electron chi connectivity index (χ2n) is 5.54. The van der Waals surface area contributed by atoms with Gasteiger partial charge in [0.05, 0.1) is 7.11 Å². The molecule has 0 amide bonds. The molecule has 0 aliphatic heterocycles. The first-order valence-corrected chi connectivity index (χ1v) is 7.01. The predicted octanol–water partition coefficient (Wildman–Crippen LogP) is 3.87. The normalized spacial score (nSPS) is 12.2. The molecule has 0 aliphatic rings. The molecule has 2 N–H and O–H groups in total. The number of hydrogen-bond donors (Lipinski definition) is 1. The highest BCUT2D eigenvalue weighted by Crippen LogP contribution is 2.34. The van der Waals surface area contributed by atoms with Crippen molar-refractivity contribution in [2.24, 2.45) is 5.73 Å². The Hall–Kier alpha value is -1.80. The Bertz CT molecular complexity index is 585. The minimum Gasteiger partial charge on any atom is -0.496 e. The maximum Gasteiger partial charge on any atom is 0.127 e. The number of aryl methyl sites for hydroxylation is 2. The van der Waals surface area contributed by atoms with Crippen molar-refractivity contribution in [3.8, 4) is 16.9 Å². The van der Waals surface area contributed by atoms with Crippen LogP contribution >= 0.6 is 0 Å². The summed E-state index contributed by atoms with van der Waals surface area (Å²) in [5.74, 6) is 0.933. The number of ether oxygens (including phenoxy) is 1. The SMILES string of the molecule is COc1cc(C)cc(C)c1-c1ccc(CC(C)N)cc1. The minimum absolute atomic E-state index is 0.191. The molecule has 2 nitrogen and oxygen atoms in total. The number of methoxy groups -OCH3 is 1. The van der Waals surface area contributed by atoms with Crippen molar-refractivity contribution in [3.63, 3.8) is 0 Å². The topological polar surface area (TPSA) is 35.2 Å². The molecular formula is C18H23NO. The summed E-state index contributed by atoms with van der Waals surface area (Å²) >= 11 is 0. The monoisotopic (exact) mass is 269 g/mol. The maximum atomic E-state index is 5.84. The van der Waals surface area contributed by atoms with Crippen molar-refractivity contribution in [1.82, 2.24) is 0 Å². The van der Waals surface area contributed by atoms with Crippen molar-refractivity contribution in [2.45, 2.75) is 33.2 Å². The van der Waals surface area contributed by atoms with Crippen LogP contribution in [0.1, 0.15) is 23.6 Å². The van der Waals surface area contributed by atoms with Gasteiger partial charge in [-0.05, 0) is 55.5 Å². The molecule has 0 spiro atoms. The molecule has 2 rings (SSSR count). The second kappa shape index (κ2) is 6.10. The summed E-state index contributed by atoms with van der Waals surface area (Å²) in [6.45, 7) is 6.24. The van der Waals surface area contributed by atoms with E-state index in [-0.39, 0.29) is 6.04 Å². The summed E-state index contributed by atoms with van der Waals surface area (Å²) in [5, 5.41) is 0. The molecular weight excluding hydrogens is 246 g/mol. The predicted molar refractivity (Wildman–Crippen MR) is 85.3 cm³/mol. The van der Waals surface area contributed by atoms with E-state index >= 15 is 0 Å². The largest absolute Gasteiger partial charge is 0.496 e. The molecule has 0 bridgehead atoms. The van der Waals surface area contributed by atoms with Gasteiger partial charge in [0.25, 0.3) is 0 Å². The van der Waals surface area contributed by atoms with Crippen molar-refractivity contribution < 1.29 is 4.74 Å². The standard InChI is InChI=1S/C18H23NO/c1-12-9-13(2)18(17(10-12)20-4)16-7-5-15(6-8-16)11-14(3)19/h5-10,14H,11,19H2,1-4H3. The van der Waals surface area contributed by atoms with Crippen LogP contribution in [0.3, 0.4) is 0 Å². The Kier molecular flexibility index (Phi) is 4.46. The number of nitrogens with two attached hydrogens (primary N) is 1. The zero-order valence-electron chi connectivity index (χ0n) is 12.7. The highest BCUT2D eigenvalue weighted by molar-refractivity contribution is 5.74. The van der Waals surface area contributed by atoms with Gasteiger partial charge in [0.1, 0.15) is 5.75 Å². The van der Waals surface area contributed by atoms with Crippen LogP contribution in [-0.2, 0) is 6.42 Å². The highest BCUT2D eigenvalue weighted by Gasteiger charge is 2.10. The van der Waals surface area contributed by atoms with Crippen molar-refractivity contribution in [1.29, 1.82) is 0 Å². The molecule has 2 aromatic rings. The van der Waals surface area contributed by atoms with Crippen LogP contribution in [0.25, 0.3) is 11.1 Å². The first-order chi connectivity index (χ1) is 9.51. The molecule has 2 aromatic carbocycles. The molecule has 0 saturated carbocycles. The zero-order chi connectivity index (χ0) is 14.7. The third-order valence-electron chi connectivity index (χ3n) is 3.46. The van der Waals surface area contributed by atoms with Gasteiger partial charge < -0.3 is 10.5 Å². The Morgan fingerprint density at radius 1 is 1.10 bits per heavy atom. The summed E-state index contributed by atoms with van der Waals surface area (Å²) in [6, 6.07) is 13.1. The molecule has 0 radical (unpaired) electrons. The molecule has 0 heterocycles. The molecule has 1 atom stereocenters. The van der Waals surface area contributed by atoms with Gasteiger partial charge in [0.2, 0.25) is 0 Å². The highest BCUT2D eigenvalue weighted by atomic mass is 16.5. The van der Waals surface area contributed by atoms with E-state index in [4.69, 9.17) is 10.5 Å². The van der Waals surface area contributed by atoms with E-state index in [0.717, 1.165) is 12.2 Å². The van der Waals surface area contributed by atoms with Crippen LogP contribution in [-0.4, -0.2) is 13.2 Å². The average Bonchev–Trinajstić information content (AvgIpc) is 2.38. The Balaban J connectivity index is 2.41. The first-order valence-electron chi connectivity index (χ1n) is 7.01. The summed E-state index contributed by atoms with van der Waals surface area (Å²) in [5.41, 5.74) is 11.9. The van der Waals surface area contributed by atoms with Crippen LogP contribution in [0.15, 0.2) is 36.4 Å². The van der Waals surface area contributed by atoms with E-state index in [1.165, 1.54) is 27.8 Å². The van der Waals surface area contributed by atoms with Crippen LogP contribution < -0.4 is 10.5 Å². The van der Waals surface area contributed by atoms with Crippen molar-refractivity contribution in [3.05, 3.63) is 53.1 Å². The van der Waals surface area contributed by atoms with Crippen molar-refractivity contribution >= 4 is 0 Å². The summed E-state index contributed by atoms with van der Waals surface area (Å²) < 4.78 is 5.54. The molecule has 0 aromatic heterocycles. The van der Waals surface area contributed by atoms with E-state index in [1.807, 2.05) is 6.92 Å². The fourth-order valence-corrected chi connectivity index (χ4v) is 2.64. The lowest BCUT2D eigenvalue weighted by Crippen LogP contribution is -2.17. The second-order valence-corrected chi connectivity index (χ2v) is 5.54. The van der Waals surface area contributed by atoms with Crippen LogP contribution in [0, 0.1) is 13.8 Å². The third-order valence-corrected chi connectivity index (χ3v) is 3.46. The molecule has 2 heteroatoms. The minimum atomic E-state index is 0.191. The van der Waals surface area contributed by atoms with Gasteiger partial charge in [-0.3, -0.25) is 0 Å².